The molecule has 96 valence electrons. The molecule has 0 bridgehead atoms. The minimum absolute atomic E-state index is 0.563. The highest BCUT2D eigenvalue weighted by atomic mass is 32.1. The highest BCUT2D eigenvalue weighted by molar-refractivity contribution is 7.11. The van der Waals surface area contributed by atoms with Crippen LogP contribution >= 0.6 is 11.3 Å². The maximum absolute atomic E-state index is 3.58. The Bertz CT molecular complexity index is 461. The summed E-state index contributed by atoms with van der Waals surface area (Å²) in [6.45, 7) is 5.40. The van der Waals surface area contributed by atoms with Crippen molar-refractivity contribution in [2.24, 2.45) is 0 Å². The third kappa shape index (κ3) is 4.28. The standard InChI is InChI=1S/C16H21NS/c1-13(8-10-16-11-9-14(2)18-16)17-12-15-6-4-3-5-7-15/h3-7,9,11,13,17H,8,10,12H2,1-2H3. The first-order chi connectivity index (χ1) is 8.74. The normalized spacial score (nSPS) is 12.6. The Kier molecular flexibility index (Phi) is 4.97. The highest BCUT2D eigenvalue weighted by Gasteiger charge is 2.03. The third-order valence-corrected chi connectivity index (χ3v) is 4.18. The SMILES string of the molecule is Cc1ccc(CCC(C)NCc2ccccc2)s1. The van der Waals surface area contributed by atoms with Crippen LogP contribution in [0.25, 0.3) is 0 Å². The van der Waals surface area contributed by atoms with Crippen LogP contribution in [0.2, 0.25) is 0 Å². The lowest BCUT2D eigenvalue weighted by atomic mass is 10.1. The number of thiophene rings is 1. The Balaban J connectivity index is 1.71. The van der Waals surface area contributed by atoms with Gasteiger partial charge in [0.25, 0.3) is 0 Å². The summed E-state index contributed by atoms with van der Waals surface area (Å²) in [4.78, 5) is 2.91. The second-order valence-electron chi connectivity index (χ2n) is 4.82. The molecule has 0 saturated carbocycles. The van der Waals surface area contributed by atoms with Crippen molar-refractivity contribution in [3.8, 4) is 0 Å². The number of aryl methyl sites for hydroxylation is 2. The topological polar surface area (TPSA) is 12.0 Å². The average molecular weight is 259 g/mol. The molecule has 0 aliphatic rings. The summed E-state index contributed by atoms with van der Waals surface area (Å²) in [6, 6.07) is 15.6. The lowest BCUT2D eigenvalue weighted by Gasteiger charge is -2.13. The van der Waals surface area contributed by atoms with E-state index in [2.05, 4.69) is 61.6 Å². The van der Waals surface area contributed by atoms with E-state index in [0.29, 0.717) is 6.04 Å². The molecule has 1 unspecified atom stereocenters. The molecule has 0 amide bonds. The third-order valence-electron chi connectivity index (χ3n) is 3.12. The molecule has 1 N–H and O–H groups in total. The van der Waals surface area contributed by atoms with Crippen LogP contribution < -0.4 is 5.32 Å². The van der Waals surface area contributed by atoms with Crippen molar-refractivity contribution in [1.82, 2.24) is 5.32 Å². The number of hydrogen-bond donors (Lipinski definition) is 1. The van der Waals surface area contributed by atoms with Gasteiger partial charge in [0.05, 0.1) is 0 Å². The molecule has 1 aromatic heterocycles. The lowest BCUT2D eigenvalue weighted by Crippen LogP contribution is -2.25. The molecule has 1 atom stereocenters. The molecule has 2 rings (SSSR count). The molecule has 2 aromatic rings. The molecule has 0 spiro atoms. The average Bonchev–Trinajstić information content (AvgIpc) is 2.81. The first kappa shape index (κ1) is 13.3. The smallest absolute Gasteiger partial charge is 0.0207 e. The van der Waals surface area contributed by atoms with Crippen molar-refractivity contribution < 1.29 is 0 Å². The molecular formula is C16H21NS. The molecule has 1 nitrogen and oxygen atoms in total. The maximum Gasteiger partial charge on any atom is 0.0207 e. The van der Waals surface area contributed by atoms with Gasteiger partial charge in [-0.25, -0.2) is 0 Å². The van der Waals surface area contributed by atoms with Gasteiger partial charge in [0.2, 0.25) is 0 Å². The van der Waals surface area contributed by atoms with Gasteiger partial charge in [0.15, 0.2) is 0 Å². The van der Waals surface area contributed by atoms with Crippen LogP contribution in [0.1, 0.15) is 28.7 Å². The van der Waals surface area contributed by atoms with E-state index in [-0.39, 0.29) is 0 Å². The van der Waals surface area contributed by atoms with Gasteiger partial charge in [-0.15, -0.1) is 11.3 Å². The summed E-state index contributed by atoms with van der Waals surface area (Å²) in [5.74, 6) is 0. The van der Waals surface area contributed by atoms with Crippen LogP contribution in [0.3, 0.4) is 0 Å². The van der Waals surface area contributed by atoms with E-state index in [4.69, 9.17) is 0 Å². The van der Waals surface area contributed by atoms with Gasteiger partial charge in [0, 0.05) is 22.3 Å². The van der Waals surface area contributed by atoms with Crippen LogP contribution in [0.15, 0.2) is 42.5 Å². The van der Waals surface area contributed by atoms with Crippen molar-refractivity contribution in [3.63, 3.8) is 0 Å². The minimum Gasteiger partial charge on any atom is -0.310 e. The molecule has 1 heterocycles. The van der Waals surface area contributed by atoms with Crippen LogP contribution in [0.5, 0.6) is 0 Å². The fraction of sp³-hybridized carbons (Fsp3) is 0.375. The van der Waals surface area contributed by atoms with E-state index in [1.165, 1.54) is 28.2 Å². The van der Waals surface area contributed by atoms with Gasteiger partial charge in [-0.3, -0.25) is 0 Å². The van der Waals surface area contributed by atoms with Crippen LogP contribution in [0, 0.1) is 6.92 Å². The number of hydrogen-bond acceptors (Lipinski definition) is 2. The Labute approximate surface area is 114 Å². The highest BCUT2D eigenvalue weighted by Crippen LogP contribution is 2.17. The van der Waals surface area contributed by atoms with E-state index in [0.717, 1.165) is 6.54 Å². The fourth-order valence-electron chi connectivity index (χ4n) is 1.97. The molecular weight excluding hydrogens is 238 g/mol. The van der Waals surface area contributed by atoms with E-state index < -0.39 is 0 Å². The summed E-state index contributed by atoms with van der Waals surface area (Å²) >= 11 is 1.92. The molecule has 0 saturated heterocycles. The molecule has 0 aliphatic heterocycles. The van der Waals surface area contributed by atoms with Crippen molar-refractivity contribution in [1.29, 1.82) is 0 Å². The molecule has 18 heavy (non-hydrogen) atoms. The largest absolute Gasteiger partial charge is 0.310 e. The second-order valence-corrected chi connectivity index (χ2v) is 6.19. The van der Waals surface area contributed by atoms with Crippen molar-refractivity contribution in [2.75, 3.05) is 0 Å². The van der Waals surface area contributed by atoms with Gasteiger partial charge >= 0.3 is 0 Å². The fourth-order valence-corrected chi connectivity index (χ4v) is 2.87. The maximum atomic E-state index is 3.58. The molecule has 0 radical (unpaired) electrons. The van der Waals surface area contributed by atoms with Gasteiger partial charge in [0.1, 0.15) is 0 Å². The predicted molar refractivity (Wildman–Crippen MR) is 80.1 cm³/mol. The van der Waals surface area contributed by atoms with Crippen LogP contribution in [-0.4, -0.2) is 6.04 Å². The first-order valence-electron chi connectivity index (χ1n) is 6.56. The van der Waals surface area contributed by atoms with E-state index in [1.807, 2.05) is 11.3 Å². The molecule has 0 fully saturated rings. The van der Waals surface area contributed by atoms with Crippen LogP contribution in [0.4, 0.5) is 0 Å². The lowest BCUT2D eigenvalue weighted by molar-refractivity contribution is 0.515. The van der Waals surface area contributed by atoms with Crippen molar-refractivity contribution in [2.45, 2.75) is 39.3 Å². The summed E-state index contributed by atoms with van der Waals surface area (Å²) in [7, 11) is 0. The molecule has 0 aliphatic carbocycles. The first-order valence-corrected chi connectivity index (χ1v) is 7.38. The quantitative estimate of drug-likeness (QED) is 0.821. The molecule has 2 heteroatoms. The van der Waals surface area contributed by atoms with E-state index in [1.54, 1.807) is 0 Å². The zero-order chi connectivity index (χ0) is 12.8. The van der Waals surface area contributed by atoms with Gasteiger partial charge in [-0.2, -0.15) is 0 Å². The van der Waals surface area contributed by atoms with Gasteiger partial charge in [-0.05, 0) is 44.4 Å². The Morgan fingerprint density at radius 3 is 2.56 bits per heavy atom. The van der Waals surface area contributed by atoms with Gasteiger partial charge < -0.3 is 5.32 Å². The number of rotatable bonds is 6. The Morgan fingerprint density at radius 2 is 1.89 bits per heavy atom. The van der Waals surface area contributed by atoms with Gasteiger partial charge in [-0.1, -0.05) is 30.3 Å². The summed E-state index contributed by atoms with van der Waals surface area (Å²) in [6.07, 6.45) is 2.38. The monoisotopic (exact) mass is 259 g/mol. The summed E-state index contributed by atoms with van der Waals surface area (Å²) in [5.41, 5.74) is 1.36. The zero-order valence-electron chi connectivity index (χ0n) is 11.1. The Morgan fingerprint density at radius 1 is 1.11 bits per heavy atom. The van der Waals surface area contributed by atoms with E-state index >= 15 is 0 Å². The number of nitrogens with one attached hydrogen (secondary N) is 1. The summed E-state index contributed by atoms with van der Waals surface area (Å²) < 4.78 is 0. The van der Waals surface area contributed by atoms with E-state index in [9.17, 15) is 0 Å². The second kappa shape index (κ2) is 6.72. The van der Waals surface area contributed by atoms with Crippen molar-refractivity contribution in [3.05, 3.63) is 57.8 Å². The van der Waals surface area contributed by atoms with Crippen molar-refractivity contribution >= 4 is 11.3 Å². The number of benzene rings is 1. The minimum atomic E-state index is 0.563. The molecule has 1 aromatic carbocycles. The Hall–Kier alpha value is -1.12. The predicted octanol–water partition coefficient (Wildman–Crippen LogP) is 4.17. The summed E-state index contributed by atoms with van der Waals surface area (Å²) in [5, 5.41) is 3.58. The zero-order valence-corrected chi connectivity index (χ0v) is 12.0. The van der Waals surface area contributed by atoms with Crippen LogP contribution in [-0.2, 0) is 13.0 Å².